The van der Waals surface area contributed by atoms with Crippen molar-refractivity contribution in [1.82, 2.24) is 50.6 Å². The van der Waals surface area contributed by atoms with Crippen LogP contribution in [0.25, 0.3) is 22.8 Å². The quantitative estimate of drug-likeness (QED) is 0.115. The average molecular weight is 935 g/mol. The number of nitrogens with zero attached hydrogens (tertiary/aromatic N) is 9. The number of aromatic nitrogens is 8. The van der Waals surface area contributed by atoms with Gasteiger partial charge in [0.05, 0.1) is 35.4 Å². The number of ether oxygens (including phenoxy) is 1. The van der Waals surface area contributed by atoms with Gasteiger partial charge in [0, 0.05) is 24.2 Å². The van der Waals surface area contributed by atoms with Crippen LogP contribution in [0.2, 0.25) is 0 Å². The second-order valence-electron chi connectivity index (χ2n) is 18.0. The van der Waals surface area contributed by atoms with Crippen LogP contribution in [0.3, 0.4) is 0 Å². The van der Waals surface area contributed by atoms with Gasteiger partial charge in [-0.15, -0.1) is 20.4 Å². The fraction of sp³-hybridized carbons (Fsp3) is 0.426. The molecule has 0 spiro atoms. The van der Waals surface area contributed by atoms with Crippen molar-refractivity contribution in [3.05, 3.63) is 130 Å². The van der Waals surface area contributed by atoms with Gasteiger partial charge in [0.2, 0.25) is 11.6 Å². The summed E-state index contributed by atoms with van der Waals surface area (Å²) >= 11 is 0. The van der Waals surface area contributed by atoms with Gasteiger partial charge in [0.25, 0.3) is 0 Å². The van der Waals surface area contributed by atoms with E-state index in [4.69, 9.17) is 4.74 Å². The van der Waals surface area contributed by atoms with E-state index in [1.165, 1.54) is 33.9 Å². The predicted molar refractivity (Wildman–Crippen MR) is 234 cm³/mol. The Morgan fingerprint density at radius 3 is 1.43 bits per heavy atom. The van der Waals surface area contributed by atoms with E-state index in [9.17, 15) is 41.4 Å². The number of tetrazole rings is 2. The molecule has 2 saturated heterocycles. The Balaban J connectivity index is 0.000000203. The van der Waals surface area contributed by atoms with Gasteiger partial charge in [-0.25, -0.2) is 4.79 Å². The molecular weight excluding hydrogens is 883 g/mol. The van der Waals surface area contributed by atoms with Gasteiger partial charge in [-0.3, -0.25) is 0 Å². The zero-order valence-electron chi connectivity index (χ0n) is 37.2. The molecule has 0 radical (unpaired) electrons. The molecule has 6 aromatic rings. The van der Waals surface area contributed by atoms with Gasteiger partial charge in [-0.05, 0) is 129 Å². The number of aliphatic hydroxyl groups is 2. The van der Waals surface area contributed by atoms with Crippen molar-refractivity contribution in [1.29, 1.82) is 0 Å². The minimum atomic E-state index is -4.38. The maximum atomic E-state index is 12.9. The first-order valence-electron chi connectivity index (χ1n) is 21.8. The minimum absolute atomic E-state index is 0.114. The Morgan fingerprint density at radius 1 is 0.627 bits per heavy atom. The lowest BCUT2D eigenvalue weighted by atomic mass is 9.92. The van der Waals surface area contributed by atoms with Crippen LogP contribution in [0.5, 0.6) is 0 Å². The fourth-order valence-corrected chi connectivity index (χ4v) is 7.85. The number of piperidine rings is 2. The van der Waals surface area contributed by atoms with Gasteiger partial charge in [-0.1, -0.05) is 72.8 Å². The minimum Gasteiger partial charge on any atom is -0.444 e. The van der Waals surface area contributed by atoms with Crippen molar-refractivity contribution >= 4 is 6.09 Å². The number of benzene rings is 4. The Kier molecular flexibility index (Phi) is 14.5. The molecule has 356 valence electrons. The average Bonchev–Trinajstić information content (AvgIpc) is 3.93. The highest BCUT2D eigenvalue weighted by molar-refractivity contribution is 5.68. The summed E-state index contributed by atoms with van der Waals surface area (Å²) in [5.74, 6) is 0.785. The summed E-state index contributed by atoms with van der Waals surface area (Å²) in [6.07, 6.45) is -6.37. The number of amides is 1. The summed E-state index contributed by atoms with van der Waals surface area (Å²) < 4.78 is 82.4. The fourth-order valence-electron chi connectivity index (χ4n) is 7.85. The normalized spacial score (nSPS) is 16.3. The van der Waals surface area contributed by atoms with Crippen molar-refractivity contribution in [2.24, 2.45) is 0 Å². The van der Waals surface area contributed by atoms with E-state index in [2.05, 4.69) is 36.1 Å². The van der Waals surface area contributed by atoms with E-state index in [0.29, 0.717) is 68.8 Å². The van der Waals surface area contributed by atoms with Gasteiger partial charge in [0.15, 0.2) is 0 Å². The lowest BCUT2D eigenvalue weighted by Gasteiger charge is -2.38. The molecule has 0 unspecified atom stereocenters. The number of hydrogen-bond donors (Lipinski definition) is 3. The maximum absolute atomic E-state index is 12.9. The summed E-state index contributed by atoms with van der Waals surface area (Å²) in [4.78, 5) is 16.6. The standard InChI is InChI=1S/C26H30F3N5O3.C21H22F3N5O/c1-24(2,3)37-23(35)33-14-12-25(36,13-15-33)17-34-31-22(30-32-34)21-7-5-4-6-19(21)16-18-8-10-20(11-9-18)26(27,28)29;22-21(23,24)17-7-5-15(6-8-17)13-16-3-1-2-4-18(16)19-26-28-29(27-19)14-20(30)9-11-25-12-10-20/h4-11,36H,12-17H2,1-3H3;1-8,25,30H,9-14H2. The second-order valence-corrected chi connectivity index (χ2v) is 18.0. The lowest BCUT2D eigenvalue weighted by molar-refractivity contribution is -0.138. The first-order chi connectivity index (χ1) is 31.6. The van der Waals surface area contributed by atoms with E-state index in [1.54, 1.807) is 25.7 Å². The summed E-state index contributed by atoms with van der Waals surface area (Å²) in [6.45, 7) is 7.99. The maximum Gasteiger partial charge on any atom is 0.416 e. The van der Waals surface area contributed by atoms with E-state index in [-0.39, 0.29) is 13.1 Å². The molecule has 3 N–H and O–H groups in total. The highest BCUT2D eigenvalue weighted by Gasteiger charge is 2.37. The second kappa shape index (κ2) is 19.9. The summed E-state index contributed by atoms with van der Waals surface area (Å²) in [5.41, 5.74) is 0.771. The molecule has 2 aromatic heterocycles. The number of rotatable bonds is 10. The monoisotopic (exact) mass is 934 g/mol. The zero-order valence-corrected chi connectivity index (χ0v) is 37.2. The Morgan fingerprint density at radius 2 is 1.03 bits per heavy atom. The number of carbonyl (C=O) groups is 1. The third kappa shape index (κ3) is 13.2. The zero-order chi connectivity index (χ0) is 48.0. The molecule has 0 bridgehead atoms. The van der Waals surface area contributed by atoms with E-state index >= 15 is 0 Å². The molecule has 4 aromatic carbocycles. The van der Waals surface area contributed by atoms with Crippen molar-refractivity contribution in [2.45, 2.75) is 102 Å². The number of hydrogen-bond acceptors (Lipinski definition) is 11. The molecular formula is C47H52F6N10O4. The van der Waals surface area contributed by atoms with Gasteiger partial charge >= 0.3 is 18.4 Å². The van der Waals surface area contributed by atoms with Crippen LogP contribution < -0.4 is 5.32 Å². The highest BCUT2D eigenvalue weighted by atomic mass is 19.4. The van der Waals surface area contributed by atoms with Crippen molar-refractivity contribution in [3.63, 3.8) is 0 Å². The Labute approximate surface area is 383 Å². The number of nitrogens with one attached hydrogen (secondary N) is 1. The van der Waals surface area contributed by atoms with Gasteiger partial charge < -0.3 is 25.2 Å². The van der Waals surface area contributed by atoms with E-state index in [1.807, 2.05) is 48.5 Å². The van der Waals surface area contributed by atoms with Crippen LogP contribution in [0, 0.1) is 0 Å². The first kappa shape index (κ1) is 48.7. The predicted octanol–water partition coefficient (Wildman–Crippen LogP) is 7.78. The van der Waals surface area contributed by atoms with Crippen molar-refractivity contribution in [2.75, 3.05) is 26.2 Å². The topological polar surface area (TPSA) is 169 Å². The lowest BCUT2D eigenvalue weighted by Crippen LogP contribution is -2.50. The number of halogens is 6. The molecule has 2 aliphatic heterocycles. The molecule has 0 saturated carbocycles. The molecule has 2 fully saturated rings. The van der Waals surface area contributed by atoms with Gasteiger partial charge in [-0.2, -0.15) is 35.9 Å². The van der Waals surface area contributed by atoms with Crippen LogP contribution in [0.4, 0.5) is 31.1 Å². The summed E-state index contributed by atoms with van der Waals surface area (Å²) in [6, 6.07) is 25.1. The number of alkyl halides is 6. The summed E-state index contributed by atoms with van der Waals surface area (Å²) in [7, 11) is 0. The van der Waals surface area contributed by atoms with Crippen LogP contribution >= 0.6 is 0 Å². The molecule has 2 aliphatic rings. The van der Waals surface area contributed by atoms with Crippen LogP contribution in [0.1, 0.15) is 79.8 Å². The van der Waals surface area contributed by atoms with Crippen LogP contribution in [0.15, 0.2) is 97.1 Å². The third-order valence-corrected chi connectivity index (χ3v) is 11.5. The molecule has 0 aliphatic carbocycles. The number of carbonyl (C=O) groups excluding carboxylic acids is 1. The molecule has 0 atom stereocenters. The first-order valence-corrected chi connectivity index (χ1v) is 21.8. The van der Waals surface area contributed by atoms with Gasteiger partial charge in [0.1, 0.15) is 5.60 Å². The van der Waals surface area contributed by atoms with Crippen molar-refractivity contribution < 1.29 is 46.1 Å². The molecule has 8 rings (SSSR count). The molecule has 1 amide bonds. The van der Waals surface area contributed by atoms with Crippen LogP contribution in [-0.2, 0) is 43.0 Å². The Hall–Kier alpha value is -6.25. The van der Waals surface area contributed by atoms with E-state index in [0.717, 1.165) is 65.2 Å². The number of likely N-dealkylation sites (tertiary alicyclic amines) is 1. The van der Waals surface area contributed by atoms with E-state index < -0.39 is 46.4 Å². The molecule has 14 nitrogen and oxygen atoms in total. The van der Waals surface area contributed by atoms with Crippen molar-refractivity contribution in [3.8, 4) is 22.8 Å². The molecule has 20 heteroatoms. The largest absolute Gasteiger partial charge is 0.444 e. The smallest absolute Gasteiger partial charge is 0.416 e. The molecule has 4 heterocycles. The highest BCUT2D eigenvalue weighted by Crippen LogP contribution is 2.32. The SMILES string of the molecule is CC(C)(C)OC(=O)N1CCC(O)(Cn2nnc(-c3ccccc3Cc3ccc(C(F)(F)F)cc3)n2)CC1.OC1(Cn2nnc(-c3ccccc3Cc3ccc(C(F)(F)F)cc3)n2)CCNCC1. The molecule has 67 heavy (non-hydrogen) atoms. The van der Waals surface area contributed by atoms with Crippen LogP contribution in [-0.4, -0.2) is 105 Å². The summed E-state index contributed by atoms with van der Waals surface area (Å²) in [5, 5.41) is 50.3. The Bertz CT molecular complexity index is 2580. The third-order valence-electron chi connectivity index (χ3n) is 11.5.